The molecule has 3 aliphatic rings. The minimum absolute atomic E-state index is 0.796. The van der Waals surface area contributed by atoms with Crippen LogP contribution in [0.15, 0.2) is 59.3 Å². The lowest BCUT2D eigenvalue weighted by Gasteiger charge is -2.22. The SMILES string of the molecule is C=C(CCCC1=CC=C(CCC2CCCCC2)CC1)CCC1=CCCC(CC)C=CC1. The van der Waals surface area contributed by atoms with Crippen molar-refractivity contribution in [2.75, 3.05) is 0 Å². The predicted octanol–water partition coefficient (Wildman–Crippen LogP) is 10.2. The molecular weight excluding hydrogens is 372 g/mol. The van der Waals surface area contributed by atoms with Gasteiger partial charge in [-0.15, -0.1) is 0 Å². The summed E-state index contributed by atoms with van der Waals surface area (Å²) in [5.41, 5.74) is 6.48. The number of allylic oxidation sites excluding steroid dienone is 9. The van der Waals surface area contributed by atoms with Gasteiger partial charge in [-0.05, 0) is 95.3 Å². The lowest BCUT2D eigenvalue weighted by Crippen LogP contribution is -2.06. The Hall–Kier alpha value is -1.30. The van der Waals surface area contributed by atoms with Gasteiger partial charge in [-0.3, -0.25) is 0 Å². The van der Waals surface area contributed by atoms with E-state index in [2.05, 4.69) is 43.9 Å². The van der Waals surface area contributed by atoms with Crippen molar-refractivity contribution < 1.29 is 0 Å². The highest BCUT2D eigenvalue weighted by Gasteiger charge is 2.14. The van der Waals surface area contributed by atoms with E-state index in [1.165, 1.54) is 115 Å². The van der Waals surface area contributed by atoms with Gasteiger partial charge >= 0.3 is 0 Å². The topological polar surface area (TPSA) is 0 Å². The Morgan fingerprint density at radius 2 is 1.68 bits per heavy atom. The molecule has 0 aromatic carbocycles. The number of rotatable bonds is 11. The van der Waals surface area contributed by atoms with Crippen LogP contribution in [-0.4, -0.2) is 0 Å². The molecule has 1 unspecified atom stereocenters. The van der Waals surface area contributed by atoms with Crippen molar-refractivity contribution in [1.82, 2.24) is 0 Å². The third-order valence-corrected chi connectivity index (χ3v) is 8.03. The summed E-state index contributed by atoms with van der Waals surface area (Å²) in [7, 11) is 0. The first-order valence-corrected chi connectivity index (χ1v) is 13.6. The van der Waals surface area contributed by atoms with Gasteiger partial charge in [-0.2, -0.15) is 0 Å². The standard InChI is InChI=1S/C31H48/c1-3-27-13-8-16-29(17-9-14-27)19-18-26(2)10-7-15-30-21-24-31(25-22-30)23-20-28-11-5-4-6-12-28/h8,13,17,21,24,27-28H,2-7,9-12,14-16,18-20,22-23,25H2,1H3. The van der Waals surface area contributed by atoms with Gasteiger partial charge < -0.3 is 0 Å². The molecule has 0 bridgehead atoms. The van der Waals surface area contributed by atoms with Crippen LogP contribution in [0.4, 0.5) is 0 Å². The first-order valence-electron chi connectivity index (χ1n) is 13.6. The minimum atomic E-state index is 0.796. The highest BCUT2D eigenvalue weighted by molar-refractivity contribution is 5.24. The molecule has 0 heteroatoms. The Bertz CT molecular complexity index is 662. The van der Waals surface area contributed by atoms with Gasteiger partial charge in [0.15, 0.2) is 0 Å². The van der Waals surface area contributed by atoms with Crippen LogP contribution >= 0.6 is 0 Å². The normalized spacial score (nSPS) is 22.9. The molecule has 3 rings (SSSR count). The van der Waals surface area contributed by atoms with Crippen LogP contribution in [0.3, 0.4) is 0 Å². The summed E-state index contributed by atoms with van der Waals surface area (Å²) < 4.78 is 0. The monoisotopic (exact) mass is 420 g/mol. The molecular formula is C31H48. The molecule has 0 aliphatic heterocycles. The van der Waals surface area contributed by atoms with Crippen molar-refractivity contribution in [3.05, 3.63) is 59.3 Å². The van der Waals surface area contributed by atoms with Gasteiger partial charge in [0.05, 0.1) is 0 Å². The maximum absolute atomic E-state index is 4.39. The fraction of sp³-hybridized carbons (Fsp3) is 0.677. The molecule has 3 aliphatic carbocycles. The Kier molecular flexibility index (Phi) is 11.0. The van der Waals surface area contributed by atoms with Crippen molar-refractivity contribution in [2.45, 2.75) is 122 Å². The molecule has 0 radical (unpaired) electrons. The maximum Gasteiger partial charge on any atom is -0.0139 e. The van der Waals surface area contributed by atoms with E-state index in [9.17, 15) is 0 Å². The largest absolute Gasteiger partial charge is 0.0999 e. The summed E-state index contributed by atoms with van der Waals surface area (Å²) in [6.45, 7) is 6.70. The van der Waals surface area contributed by atoms with Crippen LogP contribution in [-0.2, 0) is 0 Å². The third-order valence-electron chi connectivity index (χ3n) is 8.03. The van der Waals surface area contributed by atoms with Crippen LogP contribution in [0, 0.1) is 11.8 Å². The van der Waals surface area contributed by atoms with Crippen molar-refractivity contribution in [3.8, 4) is 0 Å². The van der Waals surface area contributed by atoms with Gasteiger partial charge in [0, 0.05) is 0 Å². The molecule has 31 heavy (non-hydrogen) atoms. The van der Waals surface area contributed by atoms with E-state index in [1.807, 2.05) is 0 Å². The molecule has 0 heterocycles. The van der Waals surface area contributed by atoms with E-state index >= 15 is 0 Å². The summed E-state index contributed by atoms with van der Waals surface area (Å²) in [5.74, 6) is 1.82. The van der Waals surface area contributed by atoms with Gasteiger partial charge in [0.25, 0.3) is 0 Å². The summed E-state index contributed by atoms with van der Waals surface area (Å²) >= 11 is 0. The van der Waals surface area contributed by atoms with Crippen molar-refractivity contribution >= 4 is 0 Å². The van der Waals surface area contributed by atoms with Gasteiger partial charge in [-0.25, -0.2) is 0 Å². The van der Waals surface area contributed by atoms with Crippen LogP contribution in [0.2, 0.25) is 0 Å². The maximum atomic E-state index is 4.39. The Balaban J connectivity index is 1.28. The second kappa shape index (κ2) is 14.0. The van der Waals surface area contributed by atoms with E-state index in [1.54, 1.807) is 16.7 Å². The molecule has 0 spiro atoms. The number of hydrogen-bond donors (Lipinski definition) is 0. The molecule has 1 fully saturated rings. The zero-order valence-corrected chi connectivity index (χ0v) is 20.5. The Morgan fingerprint density at radius 3 is 2.42 bits per heavy atom. The van der Waals surface area contributed by atoms with Crippen molar-refractivity contribution in [2.24, 2.45) is 11.8 Å². The smallest absolute Gasteiger partial charge is 0.0139 e. The van der Waals surface area contributed by atoms with Crippen LogP contribution in [0.5, 0.6) is 0 Å². The molecule has 1 saturated carbocycles. The molecule has 1 atom stereocenters. The minimum Gasteiger partial charge on any atom is -0.0999 e. The molecule has 0 saturated heterocycles. The van der Waals surface area contributed by atoms with Gasteiger partial charge in [-0.1, -0.05) is 98.3 Å². The lowest BCUT2D eigenvalue weighted by atomic mass is 9.83. The van der Waals surface area contributed by atoms with E-state index in [-0.39, 0.29) is 0 Å². The second-order valence-corrected chi connectivity index (χ2v) is 10.5. The Labute approximate surface area is 193 Å². The van der Waals surface area contributed by atoms with Crippen molar-refractivity contribution in [3.63, 3.8) is 0 Å². The molecule has 0 N–H and O–H groups in total. The summed E-state index contributed by atoms with van der Waals surface area (Å²) in [4.78, 5) is 0. The molecule has 0 aromatic rings. The Morgan fingerprint density at radius 1 is 0.903 bits per heavy atom. The second-order valence-electron chi connectivity index (χ2n) is 10.5. The predicted molar refractivity (Wildman–Crippen MR) is 138 cm³/mol. The quantitative estimate of drug-likeness (QED) is 0.292. The van der Waals surface area contributed by atoms with Crippen LogP contribution < -0.4 is 0 Å². The molecule has 0 aromatic heterocycles. The van der Waals surface area contributed by atoms with E-state index in [0.717, 1.165) is 18.3 Å². The fourth-order valence-corrected chi connectivity index (χ4v) is 5.67. The molecule has 0 nitrogen and oxygen atoms in total. The van der Waals surface area contributed by atoms with Gasteiger partial charge in [0.2, 0.25) is 0 Å². The zero-order valence-electron chi connectivity index (χ0n) is 20.5. The first kappa shape index (κ1) is 24.3. The summed E-state index contributed by atoms with van der Waals surface area (Å²) in [5, 5.41) is 0. The van der Waals surface area contributed by atoms with Crippen LogP contribution in [0.25, 0.3) is 0 Å². The zero-order chi connectivity index (χ0) is 21.7. The van der Waals surface area contributed by atoms with Gasteiger partial charge in [0.1, 0.15) is 0 Å². The van der Waals surface area contributed by atoms with E-state index < -0.39 is 0 Å². The van der Waals surface area contributed by atoms with Crippen LogP contribution in [0.1, 0.15) is 122 Å². The number of hydrogen-bond acceptors (Lipinski definition) is 0. The lowest BCUT2D eigenvalue weighted by molar-refractivity contribution is 0.338. The first-order chi connectivity index (χ1) is 15.2. The highest BCUT2D eigenvalue weighted by atomic mass is 14.2. The summed E-state index contributed by atoms with van der Waals surface area (Å²) in [6.07, 6.45) is 36.3. The molecule has 172 valence electrons. The average Bonchev–Trinajstić information content (AvgIpc) is 2.79. The fourth-order valence-electron chi connectivity index (χ4n) is 5.67. The van der Waals surface area contributed by atoms with E-state index in [0.29, 0.717) is 0 Å². The van der Waals surface area contributed by atoms with E-state index in [4.69, 9.17) is 0 Å². The third kappa shape index (κ3) is 9.38. The highest BCUT2D eigenvalue weighted by Crippen LogP contribution is 2.32. The average molecular weight is 421 g/mol. The molecule has 0 amide bonds. The van der Waals surface area contributed by atoms with Crippen molar-refractivity contribution in [1.29, 1.82) is 0 Å². The summed E-state index contributed by atoms with van der Waals surface area (Å²) in [6, 6.07) is 0.